The minimum atomic E-state index is 0.196. The van der Waals surface area contributed by atoms with Crippen LogP contribution in [0.5, 0.6) is 11.5 Å². The van der Waals surface area contributed by atoms with E-state index >= 15 is 0 Å². The van der Waals surface area contributed by atoms with E-state index in [1.54, 1.807) is 18.9 Å². The molecule has 0 saturated heterocycles. The Kier molecular flexibility index (Phi) is 4.31. The molecular weight excluding hydrogens is 350 g/mol. The summed E-state index contributed by atoms with van der Waals surface area (Å²) >= 11 is 5.23. The molecule has 0 fully saturated rings. The predicted molar refractivity (Wildman–Crippen MR) is 90.4 cm³/mol. The second-order valence-electron chi connectivity index (χ2n) is 4.92. The molecule has 110 valence electrons. The van der Waals surface area contributed by atoms with E-state index in [0.717, 1.165) is 33.0 Å². The van der Waals surface area contributed by atoms with Crippen LogP contribution in [0.15, 0.2) is 45.8 Å². The third-order valence-electron chi connectivity index (χ3n) is 3.38. The first kappa shape index (κ1) is 14.6. The number of methoxy groups -OCH3 is 1. The smallest absolute Gasteiger partial charge is 0.134 e. The standard InChI is InChI=1S/C16H16BrNO2S/c1-19-15-8-12(18)3-5-16(15)21-9-13-7-10-6-11(17)2-4-14(10)20-13/h2-6,8,13H,7,9,18H2,1H3. The van der Waals surface area contributed by atoms with E-state index in [9.17, 15) is 0 Å². The van der Waals surface area contributed by atoms with Crippen molar-refractivity contribution >= 4 is 33.4 Å². The molecule has 1 aliphatic heterocycles. The van der Waals surface area contributed by atoms with Crippen LogP contribution in [0.1, 0.15) is 5.56 Å². The largest absolute Gasteiger partial charge is 0.496 e. The molecule has 1 heterocycles. The van der Waals surface area contributed by atoms with Gasteiger partial charge in [-0.15, -0.1) is 11.8 Å². The van der Waals surface area contributed by atoms with Gasteiger partial charge in [0.1, 0.15) is 17.6 Å². The van der Waals surface area contributed by atoms with E-state index in [1.165, 1.54) is 5.56 Å². The molecule has 0 spiro atoms. The van der Waals surface area contributed by atoms with Crippen LogP contribution in [0.2, 0.25) is 0 Å². The van der Waals surface area contributed by atoms with Crippen LogP contribution in [-0.2, 0) is 6.42 Å². The minimum absolute atomic E-state index is 0.196. The third-order valence-corrected chi connectivity index (χ3v) is 5.06. The maximum Gasteiger partial charge on any atom is 0.134 e. The van der Waals surface area contributed by atoms with Gasteiger partial charge in [0.15, 0.2) is 0 Å². The van der Waals surface area contributed by atoms with Gasteiger partial charge in [0, 0.05) is 33.3 Å². The molecule has 2 aromatic carbocycles. The summed E-state index contributed by atoms with van der Waals surface area (Å²) in [4.78, 5) is 1.09. The fraction of sp³-hybridized carbons (Fsp3) is 0.250. The summed E-state index contributed by atoms with van der Waals surface area (Å²) in [6, 6.07) is 11.9. The molecule has 1 atom stereocenters. The molecule has 3 nitrogen and oxygen atoms in total. The molecule has 1 aliphatic rings. The van der Waals surface area contributed by atoms with Crippen LogP contribution in [0.25, 0.3) is 0 Å². The maximum absolute atomic E-state index is 5.97. The summed E-state index contributed by atoms with van der Waals surface area (Å²) in [6.45, 7) is 0. The monoisotopic (exact) mass is 365 g/mol. The van der Waals surface area contributed by atoms with Crippen molar-refractivity contribution in [3.05, 3.63) is 46.4 Å². The number of hydrogen-bond acceptors (Lipinski definition) is 4. The van der Waals surface area contributed by atoms with Gasteiger partial charge >= 0.3 is 0 Å². The fourth-order valence-corrected chi connectivity index (χ4v) is 3.78. The first-order chi connectivity index (χ1) is 10.2. The SMILES string of the molecule is COc1cc(N)ccc1SCC1Cc2cc(Br)ccc2O1. The number of fused-ring (bicyclic) bond motifs is 1. The van der Waals surface area contributed by atoms with E-state index < -0.39 is 0 Å². The summed E-state index contributed by atoms with van der Waals surface area (Å²) in [7, 11) is 1.66. The van der Waals surface area contributed by atoms with Crippen LogP contribution in [0.3, 0.4) is 0 Å². The van der Waals surface area contributed by atoms with Gasteiger partial charge < -0.3 is 15.2 Å². The van der Waals surface area contributed by atoms with Crippen LogP contribution < -0.4 is 15.2 Å². The van der Waals surface area contributed by atoms with E-state index in [2.05, 4.69) is 22.0 Å². The lowest BCUT2D eigenvalue weighted by molar-refractivity contribution is 0.259. The number of halogens is 1. The van der Waals surface area contributed by atoms with Gasteiger partial charge in [-0.2, -0.15) is 0 Å². The van der Waals surface area contributed by atoms with Crippen molar-refractivity contribution < 1.29 is 9.47 Å². The second-order valence-corrected chi connectivity index (χ2v) is 6.89. The Labute approximate surface area is 137 Å². The number of ether oxygens (including phenoxy) is 2. The molecule has 2 aromatic rings. The highest BCUT2D eigenvalue weighted by molar-refractivity contribution is 9.10. The number of rotatable bonds is 4. The zero-order valence-electron chi connectivity index (χ0n) is 11.6. The van der Waals surface area contributed by atoms with Crippen molar-refractivity contribution in [2.45, 2.75) is 17.4 Å². The Morgan fingerprint density at radius 2 is 2.19 bits per heavy atom. The van der Waals surface area contributed by atoms with Crippen molar-refractivity contribution in [1.82, 2.24) is 0 Å². The average molecular weight is 366 g/mol. The summed E-state index contributed by atoms with van der Waals surface area (Å²) in [5.74, 6) is 2.69. The number of anilines is 1. The van der Waals surface area contributed by atoms with Crippen LogP contribution in [0, 0.1) is 0 Å². The Balaban J connectivity index is 1.65. The number of thioether (sulfide) groups is 1. The van der Waals surface area contributed by atoms with Gasteiger partial charge in [0.2, 0.25) is 0 Å². The number of nitrogen functional groups attached to an aromatic ring is 1. The zero-order chi connectivity index (χ0) is 14.8. The molecule has 1 unspecified atom stereocenters. The normalized spacial score (nSPS) is 16.4. The zero-order valence-corrected chi connectivity index (χ0v) is 14.0. The molecule has 5 heteroatoms. The molecular formula is C16H16BrNO2S. The quantitative estimate of drug-likeness (QED) is 0.653. The highest BCUT2D eigenvalue weighted by atomic mass is 79.9. The maximum atomic E-state index is 5.97. The highest BCUT2D eigenvalue weighted by Gasteiger charge is 2.23. The van der Waals surface area contributed by atoms with E-state index in [0.29, 0.717) is 5.69 Å². The molecule has 0 saturated carbocycles. The molecule has 21 heavy (non-hydrogen) atoms. The Morgan fingerprint density at radius 3 is 3.00 bits per heavy atom. The lowest BCUT2D eigenvalue weighted by Gasteiger charge is -2.12. The van der Waals surface area contributed by atoms with Gasteiger partial charge in [-0.05, 0) is 35.9 Å². The lowest BCUT2D eigenvalue weighted by atomic mass is 10.1. The Hall–Kier alpha value is -1.33. The number of nitrogens with two attached hydrogens (primary N) is 1. The van der Waals surface area contributed by atoms with E-state index in [4.69, 9.17) is 15.2 Å². The summed E-state index contributed by atoms with van der Waals surface area (Å²) in [5, 5.41) is 0. The van der Waals surface area contributed by atoms with E-state index in [-0.39, 0.29) is 6.10 Å². The van der Waals surface area contributed by atoms with Gasteiger partial charge in [-0.25, -0.2) is 0 Å². The second kappa shape index (κ2) is 6.20. The van der Waals surface area contributed by atoms with Gasteiger partial charge in [0.05, 0.1) is 7.11 Å². The highest BCUT2D eigenvalue weighted by Crippen LogP contribution is 2.36. The molecule has 3 rings (SSSR count). The fourth-order valence-electron chi connectivity index (χ4n) is 2.37. The van der Waals surface area contributed by atoms with Crippen LogP contribution in [0.4, 0.5) is 5.69 Å². The first-order valence-electron chi connectivity index (χ1n) is 6.67. The van der Waals surface area contributed by atoms with Crippen LogP contribution >= 0.6 is 27.7 Å². The minimum Gasteiger partial charge on any atom is -0.496 e. The molecule has 0 aromatic heterocycles. The van der Waals surface area contributed by atoms with Crippen LogP contribution in [-0.4, -0.2) is 19.0 Å². The molecule has 0 aliphatic carbocycles. The summed E-state index contributed by atoms with van der Waals surface area (Å²) in [5.41, 5.74) is 7.75. The summed E-state index contributed by atoms with van der Waals surface area (Å²) in [6.07, 6.45) is 1.14. The Morgan fingerprint density at radius 1 is 1.33 bits per heavy atom. The van der Waals surface area contributed by atoms with Gasteiger partial charge in [0.25, 0.3) is 0 Å². The first-order valence-corrected chi connectivity index (χ1v) is 8.45. The molecule has 0 bridgehead atoms. The van der Waals surface area contributed by atoms with E-state index in [1.807, 2.05) is 30.3 Å². The number of benzene rings is 2. The van der Waals surface area contributed by atoms with Crippen molar-refractivity contribution in [2.75, 3.05) is 18.6 Å². The van der Waals surface area contributed by atoms with Crippen molar-refractivity contribution in [3.8, 4) is 11.5 Å². The third kappa shape index (κ3) is 3.30. The van der Waals surface area contributed by atoms with Crippen molar-refractivity contribution in [3.63, 3.8) is 0 Å². The van der Waals surface area contributed by atoms with Gasteiger partial charge in [-0.1, -0.05) is 15.9 Å². The topological polar surface area (TPSA) is 44.5 Å². The lowest BCUT2D eigenvalue weighted by Crippen LogP contribution is -2.15. The van der Waals surface area contributed by atoms with Crippen molar-refractivity contribution in [1.29, 1.82) is 0 Å². The summed E-state index contributed by atoms with van der Waals surface area (Å²) < 4.78 is 12.4. The molecule has 0 radical (unpaired) electrons. The molecule has 0 amide bonds. The predicted octanol–water partition coefficient (Wildman–Crippen LogP) is 4.14. The Bertz CT molecular complexity index is 663. The van der Waals surface area contributed by atoms with Crippen molar-refractivity contribution in [2.24, 2.45) is 0 Å². The average Bonchev–Trinajstić information content (AvgIpc) is 2.87. The number of hydrogen-bond donors (Lipinski definition) is 1. The van der Waals surface area contributed by atoms with Gasteiger partial charge in [-0.3, -0.25) is 0 Å². The molecule has 2 N–H and O–H groups in total.